The Morgan fingerprint density at radius 2 is 1.31 bits per heavy atom. The van der Waals surface area contributed by atoms with Gasteiger partial charge in [0.25, 0.3) is 0 Å². The van der Waals surface area contributed by atoms with Crippen LogP contribution in [0.5, 0.6) is 0 Å². The van der Waals surface area contributed by atoms with Crippen molar-refractivity contribution in [3.8, 4) is 0 Å². The van der Waals surface area contributed by atoms with E-state index in [2.05, 4.69) is 4.74 Å². The van der Waals surface area contributed by atoms with Gasteiger partial charge in [-0.15, -0.1) is 0 Å². The fourth-order valence-corrected chi connectivity index (χ4v) is 7.42. The van der Waals surface area contributed by atoms with Crippen molar-refractivity contribution in [2.75, 3.05) is 14.2 Å². The molecule has 4 aliphatic carbocycles. The molecule has 7 atom stereocenters. The van der Waals surface area contributed by atoms with Gasteiger partial charge in [-0.2, -0.15) is 26.3 Å². The van der Waals surface area contributed by atoms with Gasteiger partial charge >= 0.3 is 32.5 Å². The molecule has 4 nitrogen and oxygen atoms in total. The van der Waals surface area contributed by atoms with Gasteiger partial charge in [0.1, 0.15) is 0 Å². The molecule has 0 aromatic rings. The molecule has 0 radical (unpaired) electrons. The molecule has 4 bridgehead atoms. The summed E-state index contributed by atoms with van der Waals surface area (Å²) in [7, 11) is 1.70. The van der Waals surface area contributed by atoms with E-state index in [1.54, 1.807) is 14.2 Å². The highest BCUT2D eigenvalue weighted by Crippen LogP contribution is 2.70. The van der Waals surface area contributed by atoms with Crippen LogP contribution in [-0.2, 0) is 18.4 Å². The van der Waals surface area contributed by atoms with Crippen molar-refractivity contribution in [1.29, 1.82) is 0 Å². The van der Waals surface area contributed by atoms with Crippen LogP contribution >= 0.6 is 0 Å². The molecule has 210 valence electrons. The number of carbonyl (C=O) groups excluding carboxylic acids is 1. The lowest BCUT2D eigenvalue weighted by Gasteiger charge is -2.44. The van der Waals surface area contributed by atoms with Gasteiger partial charge in [0.2, 0.25) is 0 Å². The first kappa shape index (κ1) is 29.7. The van der Waals surface area contributed by atoms with Gasteiger partial charge in [-0.3, -0.25) is 4.79 Å². The highest BCUT2D eigenvalue weighted by atomic mass is 28.4. The molecule has 4 rings (SSSR count). The smallest absolute Gasteiger partial charge is 0.437 e. The van der Waals surface area contributed by atoms with Crippen LogP contribution in [0, 0.1) is 46.8 Å². The van der Waals surface area contributed by atoms with Gasteiger partial charge in [-0.05, 0) is 107 Å². The maximum absolute atomic E-state index is 13.9. The minimum Gasteiger partial charge on any atom is -0.439 e. The van der Waals surface area contributed by atoms with Gasteiger partial charge < -0.3 is 13.6 Å². The van der Waals surface area contributed by atoms with E-state index in [-0.39, 0.29) is 17.8 Å². The van der Waals surface area contributed by atoms with Crippen molar-refractivity contribution in [3.63, 3.8) is 0 Å². The van der Waals surface area contributed by atoms with Crippen LogP contribution in [0.4, 0.5) is 26.3 Å². The average molecular weight is 547 g/mol. The molecule has 7 unspecified atom stereocenters. The van der Waals surface area contributed by atoms with E-state index in [0.717, 1.165) is 25.7 Å². The summed E-state index contributed by atoms with van der Waals surface area (Å²) in [5.74, 6) is -0.278. The lowest BCUT2D eigenvalue weighted by atomic mass is 9.65. The first-order valence-corrected chi connectivity index (χ1v) is 15.6. The van der Waals surface area contributed by atoms with Crippen molar-refractivity contribution < 1.29 is 44.7 Å². The van der Waals surface area contributed by atoms with E-state index in [9.17, 15) is 31.1 Å². The molecule has 4 aliphatic rings. The minimum absolute atomic E-state index is 0.113. The second-order valence-electron chi connectivity index (χ2n) is 12.6. The predicted molar refractivity (Wildman–Crippen MR) is 124 cm³/mol. The lowest BCUT2D eigenvalue weighted by Crippen LogP contribution is -2.61. The Bertz CT molecular complexity index is 786. The quantitative estimate of drug-likeness (QED) is 0.159. The number of alkyl halides is 6. The molecule has 0 heterocycles. The maximum atomic E-state index is 13.9. The molecule has 0 N–H and O–H groups in total. The van der Waals surface area contributed by atoms with Crippen LogP contribution < -0.4 is 0 Å². The van der Waals surface area contributed by atoms with Crippen LogP contribution in [0.2, 0.25) is 13.1 Å². The molecule has 36 heavy (non-hydrogen) atoms. The van der Waals surface area contributed by atoms with E-state index in [0.29, 0.717) is 24.2 Å². The van der Waals surface area contributed by atoms with Crippen molar-refractivity contribution in [1.82, 2.24) is 0 Å². The molecule has 0 aromatic heterocycles. The highest BCUT2D eigenvalue weighted by Gasteiger charge is 2.76. The van der Waals surface area contributed by atoms with E-state index in [1.807, 2.05) is 13.1 Å². The van der Waals surface area contributed by atoms with Crippen LogP contribution in [0.25, 0.3) is 0 Å². The zero-order valence-corrected chi connectivity index (χ0v) is 23.2. The molecule has 0 aromatic carbocycles. The number of hydrogen-bond donors (Lipinski definition) is 0. The van der Waals surface area contributed by atoms with Crippen LogP contribution in [0.15, 0.2) is 0 Å². The number of rotatable bonds is 5. The highest BCUT2D eigenvalue weighted by molar-refractivity contribution is 6.64. The molecule has 11 heteroatoms. The van der Waals surface area contributed by atoms with E-state index >= 15 is 0 Å². The third-order valence-corrected chi connectivity index (χ3v) is 11.2. The second kappa shape index (κ2) is 9.74. The molecule has 0 saturated heterocycles. The second-order valence-corrected chi connectivity index (χ2v) is 16.2. The van der Waals surface area contributed by atoms with E-state index in [1.165, 1.54) is 20.8 Å². The number of carbonyl (C=O) groups is 1. The Morgan fingerprint density at radius 3 is 1.72 bits per heavy atom. The first-order valence-electron chi connectivity index (χ1n) is 12.7. The monoisotopic (exact) mass is 546 g/mol. The fourth-order valence-electron chi connectivity index (χ4n) is 7.25. The molecule has 4 saturated carbocycles. The summed E-state index contributed by atoms with van der Waals surface area (Å²) in [4.78, 5) is 12.2. The Morgan fingerprint density at radius 1 is 0.806 bits per heavy atom. The minimum atomic E-state index is -5.72. The zero-order valence-electron chi connectivity index (χ0n) is 22.2. The van der Waals surface area contributed by atoms with E-state index in [4.69, 9.17) is 8.85 Å². The summed E-state index contributed by atoms with van der Waals surface area (Å²) in [6.45, 7) is 7.75. The number of hydrogen-bond acceptors (Lipinski definition) is 4. The van der Waals surface area contributed by atoms with E-state index < -0.39 is 50.2 Å². The van der Waals surface area contributed by atoms with Crippen LogP contribution in [0.1, 0.15) is 59.3 Å². The molecule has 4 fully saturated rings. The predicted octanol–water partition coefficient (Wildman–Crippen LogP) is 7.13. The van der Waals surface area contributed by atoms with Crippen molar-refractivity contribution in [2.45, 2.75) is 90.3 Å². The Balaban J connectivity index is 0.000000454. The summed E-state index contributed by atoms with van der Waals surface area (Å²) in [6.07, 6.45) is -8.25. The number of halogens is 6. The average Bonchev–Trinajstić information content (AvgIpc) is 3.51. The molecular weight excluding hydrogens is 506 g/mol. The summed E-state index contributed by atoms with van der Waals surface area (Å²) < 4.78 is 98.0. The Kier molecular flexibility index (Phi) is 8.04. The zero-order chi connectivity index (χ0) is 27.5. The SMILES string of the molecule is CC(C)(C)C(=O)OC(CC1CC2CC1C1C3CCC(C3)C21)(C(F)(F)F)C(F)(F)F.CO[Si](C)(C)OC. The third kappa shape index (κ3) is 5.35. The normalized spacial score (nSPS) is 33.9. The standard InChI is InChI=1S/C21H28F6O2.C4H12O2Si/c1-18(2,3)17(28)29-19(20(22,23)24,21(25,26)27)9-13-7-12-8-14(13)16-11-5-4-10(6-11)15(12)16;1-5-7(3,4)6-2/h10-16H,4-9H2,1-3H3;1-4H3. The third-order valence-electron chi connectivity index (χ3n) is 9.20. The molecular formula is C25H40F6O4Si. The van der Waals surface area contributed by atoms with Gasteiger partial charge in [-0.1, -0.05) is 0 Å². The summed E-state index contributed by atoms with van der Waals surface area (Å²) in [5.41, 5.74) is -5.90. The maximum Gasteiger partial charge on any atom is 0.437 e. The molecule has 0 aliphatic heterocycles. The lowest BCUT2D eigenvalue weighted by molar-refractivity contribution is -0.376. The summed E-state index contributed by atoms with van der Waals surface area (Å²) >= 11 is 0. The van der Waals surface area contributed by atoms with Crippen molar-refractivity contribution >= 4 is 14.5 Å². The van der Waals surface area contributed by atoms with Crippen molar-refractivity contribution in [2.24, 2.45) is 46.8 Å². The van der Waals surface area contributed by atoms with Crippen molar-refractivity contribution in [3.05, 3.63) is 0 Å². The fraction of sp³-hybridized carbons (Fsp3) is 0.960. The van der Waals surface area contributed by atoms with Gasteiger partial charge in [0, 0.05) is 20.6 Å². The number of ether oxygens (including phenoxy) is 1. The van der Waals surface area contributed by atoms with Crippen LogP contribution in [0.3, 0.4) is 0 Å². The largest absolute Gasteiger partial charge is 0.439 e. The topological polar surface area (TPSA) is 44.8 Å². The molecule has 0 amide bonds. The molecule has 0 spiro atoms. The Hall–Kier alpha value is -0.813. The van der Waals surface area contributed by atoms with Gasteiger partial charge in [-0.25, -0.2) is 0 Å². The summed E-state index contributed by atoms with van der Waals surface area (Å²) in [5, 5.41) is 0. The van der Waals surface area contributed by atoms with Gasteiger partial charge in [0.05, 0.1) is 5.41 Å². The van der Waals surface area contributed by atoms with Crippen LogP contribution in [-0.4, -0.2) is 46.7 Å². The summed E-state index contributed by atoms with van der Waals surface area (Å²) in [6, 6.07) is 0. The van der Waals surface area contributed by atoms with Gasteiger partial charge in [0.15, 0.2) is 0 Å². The number of esters is 1. The number of fused-ring (bicyclic) bond motifs is 9. The Labute approximate surface area is 211 Å². The first-order chi connectivity index (χ1) is 16.3.